The standard InChI is InChI=1S/C21H16F2N4O/c1-24-20-16-9-13(12-7-14(22)11-15(23)8-12)10-18(28-2)19(16)26-21(27-20)17-5-3-4-6-25-17/h3-11H,1-2H3,(H,24,26,27). The number of fused-ring (bicyclic) bond motifs is 1. The molecule has 0 fully saturated rings. The summed E-state index contributed by atoms with van der Waals surface area (Å²) >= 11 is 0. The van der Waals surface area contributed by atoms with Crippen LogP contribution in [0, 0.1) is 11.6 Å². The number of pyridine rings is 1. The van der Waals surface area contributed by atoms with E-state index in [2.05, 4.69) is 20.3 Å². The molecule has 0 saturated heterocycles. The van der Waals surface area contributed by atoms with Crippen LogP contribution in [-0.2, 0) is 0 Å². The Morgan fingerprint density at radius 2 is 1.68 bits per heavy atom. The van der Waals surface area contributed by atoms with Gasteiger partial charge in [0.1, 0.15) is 34.4 Å². The third kappa shape index (κ3) is 3.22. The van der Waals surface area contributed by atoms with Crippen molar-refractivity contribution < 1.29 is 13.5 Å². The predicted octanol–water partition coefficient (Wildman–Crippen LogP) is 4.69. The molecule has 0 amide bonds. The van der Waals surface area contributed by atoms with Crippen LogP contribution in [0.2, 0.25) is 0 Å². The molecule has 0 bridgehead atoms. The molecule has 0 aliphatic heterocycles. The molecule has 2 aromatic heterocycles. The number of nitrogens with one attached hydrogen (secondary N) is 1. The Balaban J connectivity index is 1.98. The van der Waals surface area contributed by atoms with Crippen LogP contribution < -0.4 is 10.1 Å². The van der Waals surface area contributed by atoms with Gasteiger partial charge in [-0.05, 0) is 47.5 Å². The fraction of sp³-hybridized carbons (Fsp3) is 0.0952. The second kappa shape index (κ2) is 7.19. The number of anilines is 1. The van der Waals surface area contributed by atoms with E-state index >= 15 is 0 Å². The van der Waals surface area contributed by atoms with Crippen LogP contribution >= 0.6 is 0 Å². The zero-order chi connectivity index (χ0) is 19.7. The Labute approximate surface area is 160 Å². The summed E-state index contributed by atoms with van der Waals surface area (Å²) in [6.45, 7) is 0. The van der Waals surface area contributed by atoms with E-state index in [-0.39, 0.29) is 0 Å². The van der Waals surface area contributed by atoms with Gasteiger partial charge in [-0.2, -0.15) is 0 Å². The molecule has 28 heavy (non-hydrogen) atoms. The summed E-state index contributed by atoms with van der Waals surface area (Å²) in [7, 11) is 3.26. The monoisotopic (exact) mass is 378 g/mol. The van der Waals surface area contributed by atoms with Gasteiger partial charge in [-0.3, -0.25) is 4.98 Å². The van der Waals surface area contributed by atoms with E-state index in [1.54, 1.807) is 25.4 Å². The Bertz CT molecular complexity index is 1150. The van der Waals surface area contributed by atoms with Gasteiger partial charge in [0.2, 0.25) is 0 Å². The fourth-order valence-electron chi connectivity index (χ4n) is 3.04. The normalized spacial score (nSPS) is 10.9. The summed E-state index contributed by atoms with van der Waals surface area (Å²) in [5.41, 5.74) is 2.18. The van der Waals surface area contributed by atoms with Gasteiger partial charge in [-0.15, -0.1) is 0 Å². The first-order chi connectivity index (χ1) is 13.6. The van der Waals surface area contributed by atoms with Gasteiger partial charge in [0.05, 0.1) is 7.11 Å². The van der Waals surface area contributed by atoms with Crippen LogP contribution in [0.4, 0.5) is 14.6 Å². The summed E-state index contributed by atoms with van der Waals surface area (Å²) in [6.07, 6.45) is 1.67. The molecule has 4 rings (SSSR count). The summed E-state index contributed by atoms with van der Waals surface area (Å²) in [5, 5.41) is 3.72. The fourth-order valence-corrected chi connectivity index (χ4v) is 3.04. The maximum Gasteiger partial charge on any atom is 0.180 e. The number of ether oxygens (including phenoxy) is 1. The number of hydrogen-bond acceptors (Lipinski definition) is 5. The molecule has 140 valence electrons. The summed E-state index contributed by atoms with van der Waals surface area (Å²) in [4.78, 5) is 13.4. The molecule has 0 radical (unpaired) electrons. The van der Waals surface area contributed by atoms with Crippen LogP contribution in [0.5, 0.6) is 5.75 Å². The van der Waals surface area contributed by atoms with Crippen molar-refractivity contribution in [1.29, 1.82) is 0 Å². The number of halogens is 2. The number of hydrogen-bond donors (Lipinski definition) is 1. The Morgan fingerprint density at radius 1 is 0.929 bits per heavy atom. The van der Waals surface area contributed by atoms with E-state index in [9.17, 15) is 8.78 Å². The van der Waals surface area contributed by atoms with E-state index in [4.69, 9.17) is 4.74 Å². The molecule has 0 spiro atoms. The van der Waals surface area contributed by atoms with Gasteiger partial charge in [-0.25, -0.2) is 18.7 Å². The van der Waals surface area contributed by atoms with Crippen molar-refractivity contribution >= 4 is 16.7 Å². The zero-order valence-corrected chi connectivity index (χ0v) is 15.2. The average molecular weight is 378 g/mol. The number of nitrogens with zero attached hydrogens (tertiary/aromatic N) is 3. The minimum Gasteiger partial charge on any atom is -0.494 e. The minimum atomic E-state index is -0.648. The second-order valence-electron chi connectivity index (χ2n) is 6.09. The SMILES string of the molecule is CNc1nc(-c2ccccn2)nc2c(OC)cc(-c3cc(F)cc(F)c3)cc12. The molecule has 5 nitrogen and oxygen atoms in total. The molecular weight excluding hydrogens is 362 g/mol. The molecule has 2 aromatic carbocycles. The lowest BCUT2D eigenvalue weighted by atomic mass is 10.0. The average Bonchev–Trinajstić information content (AvgIpc) is 2.72. The highest BCUT2D eigenvalue weighted by Gasteiger charge is 2.16. The molecule has 0 aliphatic carbocycles. The maximum atomic E-state index is 13.7. The molecule has 0 unspecified atom stereocenters. The van der Waals surface area contributed by atoms with E-state index in [1.165, 1.54) is 19.2 Å². The van der Waals surface area contributed by atoms with Crippen LogP contribution in [0.15, 0.2) is 54.7 Å². The van der Waals surface area contributed by atoms with Crippen molar-refractivity contribution in [3.8, 4) is 28.4 Å². The highest BCUT2D eigenvalue weighted by Crippen LogP contribution is 2.35. The minimum absolute atomic E-state index is 0.397. The van der Waals surface area contributed by atoms with Gasteiger partial charge in [0.15, 0.2) is 5.82 Å². The molecule has 7 heteroatoms. The van der Waals surface area contributed by atoms with Crippen LogP contribution in [0.3, 0.4) is 0 Å². The first-order valence-electron chi connectivity index (χ1n) is 8.54. The quantitative estimate of drug-likeness (QED) is 0.558. The predicted molar refractivity (Wildman–Crippen MR) is 104 cm³/mol. The van der Waals surface area contributed by atoms with Crippen LogP contribution in [-0.4, -0.2) is 29.1 Å². The smallest absolute Gasteiger partial charge is 0.180 e. The number of methoxy groups -OCH3 is 1. The molecular formula is C21H16F2N4O. The molecule has 4 aromatic rings. The van der Waals surface area contributed by atoms with Gasteiger partial charge in [0.25, 0.3) is 0 Å². The third-order valence-electron chi connectivity index (χ3n) is 4.31. The molecule has 0 aliphatic rings. The summed E-state index contributed by atoms with van der Waals surface area (Å²) < 4.78 is 32.9. The van der Waals surface area contributed by atoms with Crippen molar-refractivity contribution in [1.82, 2.24) is 15.0 Å². The lowest BCUT2D eigenvalue weighted by Gasteiger charge is -2.13. The first-order valence-corrected chi connectivity index (χ1v) is 8.54. The van der Waals surface area contributed by atoms with Crippen molar-refractivity contribution in [2.45, 2.75) is 0 Å². The van der Waals surface area contributed by atoms with Crippen molar-refractivity contribution in [2.24, 2.45) is 0 Å². The lowest BCUT2D eigenvalue weighted by Crippen LogP contribution is -2.01. The number of rotatable bonds is 4. The highest BCUT2D eigenvalue weighted by atomic mass is 19.1. The van der Waals surface area contributed by atoms with Crippen molar-refractivity contribution in [3.63, 3.8) is 0 Å². The second-order valence-corrected chi connectivity index (χ2v) is 6.09. The Morgan fingerprint density at radius 3 is 2.32 bits per heavy atom. The van der Waals surface area contributed by atoms with E-state index in [0.29, 0.717) is 45.1 Å². The summed E-state index contributed by atoms with van der Waals surface area (Å²) in [5.74, 6) is 0.172. The maximum absolute atomic E-state index is 13.7. The van der Waals surface area contributed by atoms with Gasteiger partial charge < -0.3 is 10.1 Å². The zero-order valence-electron chi connectivity index (χ0n) is 15.2. The molecule has 1 N–H and O–H groups in total. The highest BCUT2D eigenvalue weighted by molar-refractivity contribution is 5.97. The Kier molecular flexibility index (Phi) is 4.57. The van der Waals surface area contributed by atoms with Gasteiger partial charge in [0, 0.05) is 24.7 Å². The number of aromatic nitrogens is 3. The third-order valence-corrected chi connectivity index (χ3v) is 4.31. The van der Waals surface area contributed by atoms with Gasteiger partial charge in [-0.1, -0.05) is 6.07 Å². The van der Waals surface area contributed by atoms with Gasteiger partial charge >= 0.3 is 0 Å². The topological polar surface area (TPSA) is 59.9 Å². The number of benzene rings is 2. The van der Waals surface area contributed by atoms with E-state index < -0.39 is 11.6 Å². The van der Waals surface area contributed by atoms with E-state index in [1.807, 2.05) is 18.2 Å². The molecule has 0 saturated carbocycles. The molecule has 0 atom stereocenters. The van der Waals surface area contributed by atoms with Crippen LogP contribution in [0.1, 0.15) is 0 Å². The van der Waals surface area contributed by atoms with Crippen LogP contribution in [0.25, 0.3) is 33.5 Å². The summed E-state index contributed by atoms with van der Waals surface area (Å²) in [6, 6.07) is 12.3. The lowest BCUT2D eigenvalue weighted by molar-refractivity contribution is 0.419. The van der Waals surface area contributed by atoms with Crippen molar-refractivity contribution in [3.05, 3.63) is 66.4 Å². The molecule has 2 heterocycles. The first kappa shape index (κ1) is 17.8. The largest absolute Gasteiger partial charge is 0.494 e. The van der Waals surface area contributed by atoms with Crippen molar-refractivity contribution in [2.75, 3.05) is 19.5 Å². The van der Waals surface area contributed by atoms with E-state index in [0.717, 1.165) is 6.07 Å². The Hall–Kier alpha value is -3.61.